The minimum atomic E-state index is -4.71. The van der Waals surface area contributed by atoms with E-state index < -0.39 is 12.0 Å². The molecule has 3 aromatic heterocycles. The van der Waals surface area contributed by atoms with Crippen LogP contribution in [0.2, 0.25) is 0 Å². The van der Waals surface area contributed by atoms with Gasteiger partial charge >= 0.3 is 6.18 Å². The second-order valence-electron chi connectivity index (χ2n) is 5.65. The highest BCUT2D eigenvalue weighted by atomic mass is 35.5. The molecule has 158 valence electrons. The summed E-state index contributed by atoms with van der Waals surface area (Å²) in [5, 5.41) is 4.48. The Morgan fingerprint density at radius 3 is 2.72 bits per heavy atom. The summed E-state index contributed by atoms with van der Waals surface area (Å²) in [6.07, 6.45) is -3.16. The molecule has 3 rings (SSSR count). The predicted molar refractivity (Wildman–Crippen MR) is 107 cm³/mol. The number of methoxy groups -OCH3 is 1. The van der Waals surface area contributed by atoms with Gasteiger partial charge in [-0.05, 0) is 12.1 Å². The first-order valence-electron chi connectivity index (χ1n) is 8.08. The molecule has 0 aliphatic carbocycles. The maximum Gasteiger partial charge on any atom is 0.451 e. The number of nitrogens with zero attached hydrogens (tertiary/aromatic N) is 4. The minimum absolute atomic E-state index is 0. The number of thiophene rings is 1. The van der Waals surface area contributed by atoms with Crippen molar-refractivity contribution in [2.24, 2.45) is 5.73 Å². The molecule has 0 bridgehead atoms. The van der Waals surface area contributed by atoms with Crippen LogP contribution in [0.15, 0.2) is 23.4 Å². The maximum absolute atomic E-state index is 13.1. The number of fused-ring (bicyclic) bond motifs is 1. The summed E-state index contributed by atoms with van der Waals surface area (Å²) >= 11 is 2.20. The van der Waals surface area contributed by atoms with Crippen molar-refractivity contribution < 1.29 is 22.7 Å². The zero-order chi connectivity index (χ0) is 20.3. The van der Waals surface area contributed by atoms with Crippen molar-refractivity contribution >= 4 is 52.3 Å². The standard InChI is InChI=1S/C16H16F3N5O2S2.ClH/c1-26-5-4-24-7-10-13(23-24)21-15(16(17,18)19)22-14(10)27-8-11(25)12-3-2-9(6-20)28-12;/h2-3,7H,4-6,8,20H2,1H3;1H. The van der Waals surface area contributed by atoms with E-state index >= 15 is 0 Å². The van der Waals surface area contributed by atoms with Crippen LogP contribution >= 0.6 is 35.5 Å². The molecule has 0 aliphatic heterocycles. The average molecular weight is 468 g/mol. The molecule has 29 heavy (non-hydrogen) atoms. The van der Waals surface area contributed by atoms with Crippen LogP contribution in [0, 0.1) is 0 Å². The highest BCUT2D eigenvalue weighted by Crippen LogP contribution is 2.32. The summed E-state index contributed by atoms with van der Waals surface area (Å²) in [4.78, 5) is 20.9. The molecule has 0 fully saturated rings. The number of carbonyl (C=O) groups excluding carboxylic acids is 1. The molecule has 3 heterocycles. The lowest BCUT2D eigenvalue weighted by molar-refractivity contribution is -0.145. The van der Waals surface area contributed by atoms with Crippen molar-refractivity contribution in [1.29, 1.82) is 0 Å². The molecule has 0 saturated carbocycles. The fraction of sp³-hybridized carbons (Fsp3) is 0.375. The molecule has 7 nitrogen and oxygen atoms in total. The van der Waals surface area contributed by atoms with E-state index in [-0.39, 0.29) is 34.6 Å². The van der Waals surface area contributed by atoms with Gasteiger partial charge in [0.1, 0.15) is 5.03 Å². The number of ether oxygens (including phenoxy) is 1. The largest absolute Gasteiger partial charge is 0.451 e. The van der Waals surface area contributed by atoms with Gasteiger partial charge in [-0.2, -0.15) is 18.3 Å². The van der Waals surface area contributed by atoms with Crippen molar-refractivity contribution in [3.63, 3.8) is 0 Å². The van der Waals surface area contributed by atoms with Crippen LogP contribution in [0.1, 0.15) is 20.4 Å². The average Bonchev–Trinajstić information content (AvgIpc) is 3.29. The number of rotatable bonds is 8. The van der Waals surface area contributed by atoms with Crippen LogP contribution in [0.25, 0.3) is 11.0 Å². The monoisotopic (exact) mass is 467 g/mol. The van der Waals surface area contributed by atoms with Crippen molar-refractivity contribution in [2.45, 2.75) is 24.3 Å². The van der Waals surface area contributed by atoms with Gasteiger partial charge in [0, 0.05) is 24.7 Å². The Morgan fingerprint density at radius 1 is 1.34 bits per heavy atom. The summed E-state index contributed by atoms with van der Waals surface area (Å²) in [6, 6.07) is 3.42. The summed E-state index contributed by atoms with van der Waals surface area (Å²) in [6.45, 7) is 1.03. The van der Waals surface area contributed by atoms with Gasteiger partial charge in [-0.1, -0.05) is 11.8 Å². The van der Waals surface area contributed by atoms with Crippen LogP contribution in [-0.4, -0.2) is 45.0 Å². The predicted octanol–water partition coefficient (Wildman–Crippen LogP) is 3.41. The van der Waals surface area contributed by atoms with Gasteiger partial charge in [0.25, 0.3) is 0 Å². The molecule has 0 aliphatic rings. The van der Waals surface area contributed by atoms with E-state index in [9.17, 15) is 18.0 Å². The molecule has 0 atom stereocenters. The Hall–Kier alpha value is -1.73. The first-order valence-corrected chi connectivity index (χ1v) is 9.88. The van der Waals surface area contributed by atoms with Crippen LogP contribution < -0.4 is 5.73 Å². The number of hydrogen-bond acceptors (Lipinski definition) is 8. The lowest BCUT2D eigenvalue weighted by atomic mass is 10.3. The van der Waals surface area contributed by atoms with Gasteiger partial charge < -0.3 is 10.5 Å². The van der Waals surface area contributed by atoms with E-state index in [1.165, 1.54) is 23.1 Å². The van der Waals surface area contributed by atoms with Gasteiger partial charge in [-0.25, -0.2) is 9.97 Å². The molecule has 0 radical (unpaired) electrons. The number of alkyl halides is 3. The lowest BCUT2D eigenvalue weighted by Crippen LogP contribution is -2.12. The second-order valence-corrected chi connectivity index (χ2v) is 7.79. The second kappa shape index (κ2) is 9.85. The summed E-state index contributed by atoms with van der Waals surface area (Å²) < 4.78 is 45.8. The number of nitrogens with two attached hydrogens (primary N) is 1. The molecular formula is C16H17ClF3N5O2S2. The quantitative estimate of drug-likeness (QED) is 0.308. The first kappa shape index (κ1) is 23.5. The third kappa shape index (κ3) is 5.66. The van der Waals surface area contributed by atoms with Crippen molar-refractivity contribution in [3.8, 4) is 0 Å². The molecule has 0 spiro atoms. The summed E-state index contributed by atoms with van der Waals surface area (Å²) in [7, 11) is 1.51. The van der Waals surface area contributed by atoms with E-state index in [0.29, 0.717) is 30.0 Å². The molecule has 2 N–H and O–H groups in total. The number of hydrogen-bond donors (Lipinski definition) is 1. The molecule has 0 saturated heterocycles. The zero-order valence-corrected chi connectivity index (χ0v) is 17.6. The molecule has 0 amide bonds. The van der Waals surface area contributed by atoms with Gasteiger partial charge in [0.15, 0.2) is 11.4 Å². The van der Waals surface area contributed by atoms with E-state index in [1.807, 2.05) is 0 Å². The smallest absolute Gasteiger partial charge is 0.383 e. The number of thioether (sulfide) groups is 1. The minimum Gasteiger partial charge on any atom is -0.383 e. The van der Waals surface area contributed by atoms with Crippen molar-refractivity contribution in [3.05, 3.63) is 33.9 Å². The summed E-state index contributed by atoms with van der Waals surface area (Å²) in [5.74, 6) is -1.55. The van der Waals surface area contributed by atoms with Gasteiger partial charge in [-0.15, -0.1) is 23.7 Å². The van der Waals surface area contributed by atoms with E-state index in [2.05, 4.69) is 15.1 Å². The Morgan fingerprint density at radius 2 is 2.10 bits per heavy atom. The Bertz CT molecular complexity index is 993. The SMILES string of the molecule is COCCn1cc2c(SCC(=O)c3ccc(CN)s3)nc(C(F)(F)F)nc2n1.Cl. The Balaban J connectivity index is 0.00000300. The van der Waals surface area contributed by atoms with Gasteiger partial charge in [-0.3, -0.25) is 9.48 Å². The van der Waals surface area contributed by atoms with Crippen LogP contribution in [-0.2, 0) is 24.0 Å². The number of aromatic nitrogens is 4. The third-order valence-electron chi connectivity index (χ3n) is 3.65. The molecule has 0 unspecified atom stereocenters. The fourth-order valence-electron chi connectivity index (χ4n) is 2.31. The number of carbonyl (C=O) groups is 1. The normalized spacial score (nSPS) is 11.6. The lowest BCUT2D eigenvalue weighted by Gasteiger charge is -2.07. The summed E-state index contributed by atoms with van der Waals surface area (Å²) in [5.41, 5.74) is 5.46. The molecular weight excluding hydrogens is 451 g/mol. The first-order chi connectivity index (χ1) is 13.3. The molecule has 3 aromatic rings. The van der Waals surface area contributed by atoms with Crippen LogP contribution in [0.3, 0.4) is 0 Å². The Labute approximate surface area is 178 Å². The zero-order valence-electron chi connectivity index (χ0n) is 15.1. The van der Waals surface area contributed by atoms with Gasteiger partial charge in [0.05, 0.1) is 29.2 Å². The topological polar surface area (TPSA) is 95.9 Å². The number of halogens is 4. The highest BCUT2D eigenvalue weighted by molar-refractivity contribution is 8.00. The number of Topliss-reactive ketones (excluding diaryl/α,β-unsaturated/α-hetero) is 1. The van der Waals surface area contributed by atoms with Crippen molar-refractivity contribution in [1.82, 2.24) is 19.7 Å². The number of ketones is 1. The van der Waals surface area contributed by atoms with Gasteiger partial charge in [0.2, 0.25) is 5.82 Å². The molecule has 13 heteroatoms. The third-order valence-corrected chi connectivity index (χ3v) is 5.79. The van der Waals surface area contributed by atoms with E-state index in [0.717, 1.165) is 16.6 Å². The van der Waals surface area contributed by atoms with E-state index in [1.54, 1.807) is 18.3 Å². The Kier molecular flexibility index (Phi) is 8.00. The van der Waals surface area contributed by atoms with E-state index in [4.69, 9.17) is 10.5 Å². The van der Waals surface area contributed by atoms with Crippen LogP contribution in [0.5, 0.6) is 0 Å². The fourth-order valence-corrected chi connectivity index (χ4v) is 4.09. The highest BCUT2D eigenvalue weighted by Gasteiger charge is 2.36. The maximum atomic E-state index is 13.1. The van der Waals surface area contributed by atoms with Crippen LogP contribution in [0.4, 0.5) is 13.2 Å². The molecule has 0 aromatic carbocycles. The van der Waals surface area contributed by atoms with Crippen molar-refractivity contribution in [2.75, 3.05) is 19.5 Å².